The molecular formula is C22H37N3S. The molecule has 146 valence electrons. The summed E-state index contributed by atoms with van der Waals surface area (Å²) in [6, 6.07) is 7.75. The first kappa shape index (κ1) is 21.2. The van der Waals surface area contributed by atoms with E-state index >= 15 is 0 Å². The van der Waals surface area contributed by atoms with Gasteiger partial charge in [0.15, 0.2) is 5.11 Å². The molecule has 1 heterocycles. The van der Waals surface area contributed by atoms with Crippen LogP contribution in [0.3, 0.4) is 0 Å². The molecule has 0 bridgehead atoms. The zero-order chi connectivity index (χ0) is 19.3. The van der Waals surface area contributed by atoms with Gasteiger partial charge in [-0.05, 0) is 88.4 Å². The van der Waals surface area contributed by atoms with E-state index in [1.807, 2.05) is 0 Å². The zero-order valence-corrected chi connectivity index (χ0v) is 18.3. The van der Waals surface area contributed by atoms with Crippen molar-refractivity contribution in [1.29, 1.82) is 0 Å². The minimum atomic E-state index is 0.551. The maximum atomic E-state index is 5.86. The van der Waals surface area contributed by atoms with Crippen molar-refractivity contribution in [1.82, 2.24) is 9.80 Å². The number of hydrogen-bond donors (Lipinski definition) is 1. The van der Waals surface area contributed by atoms with Gasteiger partial charge in [0.1, 0.15) is 0 Å². The van der Waals surface area contributed by atoms with E-state index < -0.39 is 0 Å². The molecule has 0 atom stereocenters. The fraction of sp³-hybridized carbons (Fsp3) is 0.682. The Balaban J connectivity index is 2.07. The first-order valence-electron chi connectivity index (χ1n) is 10.2. The Morgan fingerprint density at radius 2 is 1.69 bits per heavy atom. The quantitative estimate of drug-likeness (QED) is 0.687. The second-order valence-corrected chi connectivity index (χ2v) is 8.93. The molecule has 0 aromatic heterocycles. The van der Waals surface area contributed by atoms with Crippen LogP contribution in [0, 0.1) is 19.8 Å². The van der Waals surface area contributed by atoms with Crippen LogP contribution < -0.4 is 5.32 Å². The van der Waals surface area contributed by atoms with Crippen LogP contribution in [-0.4, -0.2) is 46.6 Å². The van der Waals surface area contributed by atoms with Gasteiger partial charge < -0.3 is 15.1 Å². The van der Waals surface area contributed by atoms with Crippen molar-refractivity contribution in [2.24, 2.45) is 5.92 Å². The van der Waals surface area contributed by atoms with E-state index in [0.29, 0.717) is 18.0 Å². The predicted octanol–water partition coefficient (Wildman–Crippen LogP) is 5.22. The number of thiocarbonyl (C=S) groups is 1. The number of nitrogens with zero attached hydrogens (tertiary/aromatic N) is 2. The van der Waals surface area contributed by atoms with Gasteiger partial charge in [-0.25, -0.2) is 0 Å². The highest BCUT2D eigenvalue weighted by Crippen LogP contribution is 2.22. The second-order valence-electron chi connectivity index (χ2n) is 8.54. The minimum absolute atomic E-state index is 0.551. The Morgan fingerprint density at radius 1 is 1.12 bits per heavy atom. The average molecular weight is 376 g/mol. The molecule has 4 heteroatoms. The van der Waals surface area contributed by atoms with Crippen LogP contribution in [0.1, 0.15) is 58.1 Å². The van der Waals surface area contributed by atoms with E-state index in [-0.39, 0.29) is 0 Å². The average Bonchev–Trinajstić information content (AvgIpc) is 2.54. The maximum Gasteiger partial charge on any atom is 0.173 e. The summed E-state index contributed by atoms with van der Waals surface area (Å²) in [7, 11) is 0. The third-order valence-electron chi connectivity index (χ3n) is 5.35. The van der Waals surface area contributed by atoms with Gasteiger partial charge in [0.25, 0.3) is 0 Å². The second kappa shape index (κ2) is 9.70. The predicted molar refractivity (Wildman–Crippen MR) is 118 cm³/mol. The molecule has 1 aliphatic heterocycles. The first-order valence-corrected chi connectivity index (χ1v) is 10.6. The van der Waals surface area contributed by atoms with Gasteiger partial charge in [-0.3, -0.25) is 0 Å². The van der Waals surface area contributed by atoms with Crippen LogP contribution in [0.4, 0.5) is 5.69 Å². The molecule has 0 amide bonds. The van der Waals surface area contributed by atoms with Crippen LogP contribution in [0.15, 0.2) is 18.2 Å². The fourth-order valence-electron chi connectivity index (χ4n) is 3.80. The molecule has 0 saturated carbocycles. The smallest absolute Gasteiger partial charge is 0.173 e. The van der Waals surface area contributed by atoms with Gasteiger partial charge >= 0.3 is 0 Å². The number of piperidine rings is 1. The Labute approximate surface area is 166 Å². The first-order chi connectivity index (χ1) is 12.3. The van der Waals surface area contributed by atoms with E-state index in [0.717, 1.165) is 17.3 Å². The molecule has 0 radical (unpaired) electrons. The van der Waals surface area contributed by atoms with Gasteiger partial charge in [0.05, 0.1) is 0 Å². The lowest BCUT2D eigenvalue weighted by Crippen LogP contribution is -2.50. The Morgan fingerprint density at radius 3 is 2.19 bits per heavy atom. The fourth-order valence-corrected chi connectivity index (χ4v) is 4.16. The summed E-state index contributed by atoms with van der Waals surface area (Å²) in [5.74, 6) is 0.692. The standard InChI is InChI=1S/C22H37N3S/c1-16(2)7-12-25(21-8-10-24(11-9-21)17(3)4)22(26)23-20-14-18(5)13-19(6)15-20/h13-17,21H,7-12H2,1-6H3,(H,23,26). The highest BCUT2D eigenvalue weighted by Gasteiger charge is 2.27. The molecule has 1 N–H and O–H groups in total. The van der Waals surface area contributed by atoms with Crippen molar-refractivity contribution in [2.75, 3.05) is 25.0 Å². The molecule has 0 unspecified atom stereocenters. The monoisotopic (exact) mass is 375 g/mol. The molecule has 1 aliphatic rings. The molecule has 0 spiro atoms. The summed E-state index contributed by atoms with van der Waals surface area (Å²) >= 11 is 5.86. The molecule has 0 aliphatic carbocycles. The molecule has 26 heavy (non-hydrogen) atoms. The van der Waals surface area contributed by atoms with Gasteiger partial charge in [0, 0.05) is 37.4 Å². The lowest BCUT2D eigenvalue weighted by atomic mass is 10.0. The van der Waals surface area contributed by atoms with Crippen molar-refractivity contribution < 1.29 is 0 Å². The van der Waals surface area contributed by atoms with Gasteiger partial charge in [-0.15, -0.1) is 0 Å². The van der Waals surface area contributed by atoms with E-state index in [9.17, 15) is 0 Å². The van der Waals surface area contributed by atoms with Gasteiger partial charge in [-0.2, -0.15) is 0 Å². The molecule has 2 rings (SSSR count). The normalized spacial score (nSPS) is 16.3. The van der Waals surface area contributed by atoms with Gasteiger partial charge in [-0.1, -0.05) is 19.9 Å². The molecule has 1 aromatic carbocycles. The maximum absolute atomic E-state index is 5.86. The number of anilines is 1. The van der Waals surface area contributed by atoms with Crippen LogP contribution in [0.2, 0.25) is 0 Å². The SMILES string of the molecule is Cc1cc(C)cc(NC(=S)N(CCC(C)C)C2CCN(C(C)C)CC2)c1. The largest absolute Gasteiger partial charge is 0.346 e. The van der Waals surface area contributed by atoms with Crippen LogP contribution >= 0.6 is 12.2 Å². The number of likely N-dealkylation sites (tertiary alicyclic amines) is 1. The molecule has 1 saturated heterocycles. The molecule has 1 aromatic rings. The van der Waals surface area contributed by atoms with Crippen LogP contribution in [0.25, 0.3) is 0 Å². The van der Waals surface area contributed by atoms with Crippen molar-refractivity contribution in [3.63, 3.8) is 0 Å². The summed E-state index contributed by atoms with van der Waals surface area (Å²) < 4.78 is 0. The third-order valence-corrected chi connectivity index (χ3v) is 5.69. The van der Waals surface area contributed by atoms with E-state index in [2.05, 4.69) is 74.9 Å². The Hall–Kier alpha value is -1.13. The number of benzene rings is 1. The lowest BCUT2D eigenvalue weighted by Gasteiger charge is -2.41. The van der Waals surface area contributed by atoms with Crippen molar-refractivity contribution in [3.05, 3.63) is 29.3 Å². The molecular weight excluding hydrogens is 338 g/mol. The topological polar surface area (TPSA) is 18.5 Å². The molecule has 3 nitrogen and oxygen atoms in total. The lowest BCUT2D eigenvalue weighted by molar-refractivity contribution is 0.126. The summed E-state index contributed by atoms with van der Waals surface area (Å²) in [4.78, 5) is 5.04. The number of rotatable bonds is 6. The van der Waals surface area contributed by atoms with E-state index in [1.54, 1.807) is 0 Å². The summed E-state index contributed by atoms with van der Waals surface area (Å²) in [6.07, 6.45) is 3.58. The highest BCUT2D eigenvalue weighted by atomic mass is 32.1. The van der Waals surface area contributed by atoms with E-state index in [4.69, 9.17) is 12.2 Å². The summed E-state index contributed by atoms with van der Waals surface area (Å²) in [5.41, 5.74) is 3.66. The van der Waals surface area contributed by atoms with Crippen LogP contribution in [-0.2, 0) is 0 Å². The van der Waals surface area contributed by atoms with Crippen molar-refractivity contribution in [2.45, 2.75) is 72.9 Å². The Kier molecular flexibility index (Phi) is 7.90. The number of hydrogen-bond acceptors (Lipinski definition) is 2. The van der Waals surface area contributed by atoms with Crippen molar-refractivity contribution >= 4 is 23.0 Å². The van der Waals surface area contributed by atoms with Gasteiger partial charge in [0.2, 0.25) is 0 Å². The summed E-state index contributed by atoms with van der Waals surface area (Å²) in [5, 5.41) is 4.41. The Bertz CT molecular complexity index is 569. The number of nitrogens with one attached hydrogen (secondary N) is 1. The zero-order valence-electron chi connectivity index (χ0n) is 17.5. The van der Waals surface area contributed by atoms with Crippen LogP contribution in [0.5, 0.6) is 0 Å². The third kappa shape index (κ3) is 6.24. The minimum Gasteiger partial charge on any atom is -0.346 e. The summed E-state index contributed by atoms with van der Waals surface area (Å²) in [6.45, 7) is 16.8. The van der Waals surface area contributed by atoms with E-state index in [1.165, 1.54) is 43.5 Å². The van der Waals surface area contributed by atoms with Crippen molar-refractivity contribution in [3.8, 4) is 0 Å². The highest BCUT2D eigenvalue weighted by molar-refractivity contribution is 7.80. The molecule has 1 fully saturated rings. The number of aryl methyl sites for hydroxylation is 2.